The van der Waals surface area contributed by atoms with Crippen molar-refractivity contribution in [2.24, 2.45) is 0 Å². The van der Waals surface area contributed by atoms with Gasteiger partial charge in [-0.2, -0.15) is 0 Å². The molecule has 0 spiro atoms. The second-order valence-corrected chi connectivity index (χ2v) is 3.94. The Labute approximate surface area is 85.9 Å². The molecule has 0 radical (unpaired) electrons. The molecule has 1 nitrogen and oxygen atoms in total. The summed E-state index contributed by atoms with van der Waals surface area (Å²) < 4.78 is 5.71. The fourth-order valence-electron chi connectivity index (χ4n) is 1.48. The van der Waals surface area contributed by atoms with E-state index in [1.807, 2.05) is 0 Å². The molecule has 0 amide bonds. The third kappa shape index (κ3) is 1.63. The molecule has 1 aromatic carbocycles. The maximum atomic E-state index is 5.71. The largest absolute Gasteiger partial charge is 0.461 e. The summed E-state index contributed by atoms with van der Waals surface area (Å²) in [5.74, 6) is 1.06. The van der Waals surface area contributed by atoms with Crippen molar-refractivity contribution in [3.63, 3.8) is 0 Å². The summed E-state index contributed by atoms with van der Waals surface area (Å²) in [6, 6.07) is 8.34. The SMILES string of the molecule is Cc1cccc2cc(CCBr)oc12. The molecular formula is C11H11BrO. The van der Waals surface area contributed by atoms with Crippen molar-refractivity contribution >= 4 is 26.9 Å². The molecule has 0 fully saturated rings. The summed E-state index contributed by atoms with van der Waals surface area (Å²) in [5, 5.41) is 2.15. The van der Waals surface area contributed by atoms with E-state index in [0.29, 0.717) is 0 Å². The van der Waals surface area contributed by atoms with E-state index >= 15 is 0 Å². The Hall–Kier alpha value is -0.760. The first-order valence-electron chi connectivity index (χ1n) is 4.35. The molecular weight excluding hydrogens is 228 g/mol. The van der Waals surface area contributed by atoms with Crippen LogP contribution in [0.25, 0.3) is 11.0 Å². The summed E-state index contributed by atoms with van der Waals surface area (Å²) in [6.45, 7) is 2.07. The lowest BCUT2D eigenvalue weighted by Crippen LogP contribution is -1.78. The second-order valence-electron chi connectivity index (χ2n) is 3.14. The number of fused-ring (bicyclic) bond motifs is 1. The number of aryl methyl sites for hydroxylation is 2. The predicted octanol–water partition coefficient (Wildman–Crippen LogP) is 3.68. The minimum Gasteiger partial charge on any atom is -0.461 e. The fraction of sp³-hybridized carbons (Fsp3) is 0.273. The molecule has 2 rings (SSSR count). The van der Waals surface area contributed by atoms with Crippen LogP contribution in [0.4, 0.5) is 0 Å². The summed E-state index contributed by atoms with van der Waals surface area (Å²) in [7, 11) is 0. The summed E-state index contributed by atoms with van der Waals surface area (Å²) in [5.41, 5.74) is 2.23. The average molecular weight is 239 g/mol. The zero-order valence-corrected chi connectivity index (χ0v) is 9.10. The summed E-state index contributed by atoms with van der Waals surface area (Å²) in [6.07, 6.45) is 0.952. The first-order chi connectivity index (χ1) is 6.31. The lowest BCUT2D eigenvalue weighted by molar-refractivity contribution is 0.557. The van der Waals surface area contributed by atoms with E-state index in [4.69, 9.17) is 4.42 Å². The standard InChI is InChI=1S/C11H11BrO/c1-8-3-2-4-9-7-10(5-6-12)13-11(8)9/h2-4,7H,5-6H2,1H3. The van der Waals surface area contributed by atoms with E-state index in [2.05, 4.69) is 47.1 Å². The van der Waals surface area contributed by atoms with Crippen LogP contribution in [0.3, 0.4) is 0 Å². The normalized spacial score (nSPS) is 10.9. The molecule has 1 aromatic heterocycles. The predicted molar refractivity (Wildman–Crippen MR) is 58.4 cm³/mol. The van der Waals surface area contributed by atoms with Gasteiger partial charge in [0.2, 0.25) is 0 Å². The molecule has 0 saturated heterocycles. The van der Waals surface area contributed by atoms with Crippen molar-refractivity contribution in [1.82, 2.24) is 0 Å². The van der Waals surface area contributed by atoms with Crippen molar-refractivity contribution in [1.29, 1.82) is 0 Å². The van der Waals surface area contributed by atoms with Gasteiger partial charge in [-0.05, 0) is 18.6 Å². The average Bonchev–Trinajstić information content (AvgIpc) is 2.49. The number of furan rings is 1. The third-order valence-electron chi connectivity index (χ3n) is 2.13. The van der Waals surface area contributed by atoms with Gasteiger partial charge in [0.1, 0.15) is 11.3 Å². The minimum atomic E-state index is 0.950. The molecule has 68 valence electrons. The van der Waals surface area contributed by atoms with Gasteiger partial charge in [0.25, 0.3) is 0 Å². The van der Waals surface area contributed by atoms with Crippen molar-refractivity contribution in [3.8, 4) is 0 Å². The Balaban J connectivity index is 2.55. The molecule has 0 saturated carbocycles. The highest BCUT2D eigenvalue weighted by Crippen LogP contribution is 2.22. The Kier molecular flexibility index (Phi) is 2.40. The van der Waals surface area contributed by atoms with Crippen LogP contribution in [0.1, 0.15) is 11.3 Å². The molecule has 0 aliphatic rings. The van der Waals surface area contributed by atoms with E-state index in [1.54, 1.807) is 0 Å². The third-order valence-corrected chi connectivity index (χ3v) is 2.53. The van der Waals surface area contributed by atoms with E-state index in [0.717, 1.165) is 23.1 Å². The number of hydrogen-bond donors (Lipinski definition) is 0. The van der Waals surface area contributed by atoms with E-state index in [1.165, 1.54) is 10.9 Å². The molecule has 0 unspecified atom stereocenters. The lowest BCUT2D eigenvalue weighted by atomic mass is 10.2. The van der Waals surface area contributed by atoms with Gasteiger partial charge in [0.15, 0.2) is 0 Å². The topological polar surface area (TPSA) is 13.1 Å². The zero-order chi connectivity index (χ0) is 9.26. The molecule has 0 aliphatic heterocycles. The smallest absolute Gasteiger partial charge is 0.137 e. The number of rotatable bonds is 2. The van der Waals surface area contributed by atoms with Crippen LogP contribution in [-0.2, 0) is 6.42 Å². The van der Waals surface area contributed by atoms with Crippen LogP contribution in [0.2, 0.25) is 0 Å². The highest BCUT2D eigenvalue weighted by atomic mass is 79.9. The zero-order valence-electron chi connectivity index (χ0n) is 7.51. The second kappa shape index (κ2) is 3.54. The van der Waals surface area contributed by atoms with Gasteiger partial charge in [-0.3, -0.25) is 0 Å². The van der Waals surface area contributed by atoms with Crippen LogP contribution in [0.15, 0.2) is 28.7 Å². The summed E-state index contributed by atoms with van der Waals surface area (Å²) in [4.78, 5) is 0. The van der Waals surface area contributed by atoms with Gasteiger partial charge in [-0.25, -0.2) is 0 Å². The summed E-state index contributed by atoms with van der Waals surface area (Å²) >= 11 is 3.40. The van der Waals surface area contributed by atoms with Gasteiger partial charge in [-0.1, -0.05) is 34.1 Å². The first kappa shape index (κ1) is 8.82. The Morgan fingerprint density at radius 2 is 2.23 bits per heavy atom. The van der Waals surface area contributed by atoms with E-state index < -0.39 is 0 Å². The van der Waals surface area contributed by atoms with Crippen molar-refractivity contribution in [3.05, 3.63) is 35.6 Å². The Morgan fingerprint density at radius 1 is 1.38 bits per heavy atom. The van der Waals surface area contributed by atoms with Gasteiger partial charge in [0, 0.05) is 17.1 Å². The van der Waals surface area contributed by atoms with Gasteiger partial charge in [-0.15, -0.1) is 0 Å². The van der Waals surface area contributed by atoms with Crippen LogP contribution < -0.4 is 0 Å². The lowest BCUT2D eigenvalue weighted by Gasteiger charge is -1.92. The fourth-order valence-corrected chi connectivity index (χ4v) is 1.87. The number of alkyl halides is 1. The van der Waals surface area contributed by atoms with Gasteiger partial charge in [0.05, 0.1) is 0 Å². The van der Waals surface area contributed by atoms with Gasteiger partial charge >= 0.3 is 0 Å². The van der Waals surface area contributed by atoms with Crippen molar-refractivity contribution in [2.45, 2.75) is 13.3 Å². The molecule has 0 aliphatic carbocycles. The van der Waals surface area contributed by atoms with Crippen LogP contribution >= 0.6 is 15.9 Å². The minimum absolute atomic E-state index is 0.950. The van der Waals surface area contributed by atoms with Crippen LogP contribution in [-0.4, -0.2) is 5.33 Å². The van der Waals surface area contributed by atoms with E-state index in [-0.39, 0.29) is 0 Å². The maximum absolute atomic E-state index is 5.71. The number of benzene rings is 1. The first-order valence-corrected chi connectivity index (χ1v) is 5.47. The molecule has 1 heterocycles. The molecule has 2 heteroatoms. The van der Waals surface area contributed by atoms with Gasteiger partial charge < -0.3 is 4.42 Å². The number of halogens is 1. The van der Waals surface area contributed by atoms with Crippen molar-refractivity contribution < 1.29 is 4.42 Å². The molecule has 0 bridgehead atoms. The Bertz CT molecular complexity index is 417. The maximum Gasteiger partial charge on any atom is 0.137 e. The van der Waals surface area contributed by atoms with E-state index in [9.17, 15) is 0 Å². The van der Waals surface area contributed by atoms with Crippen molar-refractivity contribution in [2.75, 3.05) is 5.33 Å². The molecule has 13 heavy (non-hydrogen) atoms. The highest BCUT2D eigenvalue weighted by Gasteiger charge is 2.04. The quantitative estimate of drug-likeness (QED) is 0.728. The molecule has 0 N–H and O–H groups in total. The highest BCUT2D eigenvalue weighted by molar-refractivity contribution is 9.09. The van der Waals surface area contributed by atoms with Crippen LogP contribution in [0, 0.1) is 6.92 Å². The Morgan fingerprint density at radius 3 is 2.92 bits per heavy atom. The number of para-hydroxylation sites is 1. The van der Waals surface area contributed by atoms with Crippen LogP contribution in [0.5, 0.6) is 0 Å². The molecule has 2 aromatic rings. The monoisotopic (exact) mass is 238 g/mol. The number of hydrogen-bond acceptors (Lipinski definition) is 1. The molecule has 0 atom stereocenters.